The van der Waals surface area contributed by atoms with Crippen molar-refractivity contribution in [2.75, 3.05) is 0 Å². The summed E-state index contributed by atoms with van der Waals surface area (Å²) in [5.41, 5.74) is 4.24. The van der Waals surface area contributed by atoms with Gasteiger partial charge in [0.15, 0.2) is 0 Å². The number of aromatic nitrogens is 3. The van der Waals surface area contributed by atoms with E-state index < -0.39 is 0 Å². The molecule has 0 unspecified atom stereocenters. The van der Waals surface area contributed by atoms with Crippen LogP contribution in [0.1, 0.15) is 21.5 Å². The SMILES string of the molecule is O=C(NCc1cccnc1)c1cn(Cc2ccccc2)nc1-c1ccccc1. The smallest absolute Gasteiger partial charge is 0.255 e. The Labute approximate surface area is 163 Å². The summed E-state index contributed by atoms with van der Waals surface area (Å²) >= 11 is 0. The lowest BCUT2D eigenvalue weighted by Gasteiger charge is -2.05. The normalized spacial score (nSPS) is 10.6. The van der Waals surface area contributed by atoms with Crippen LogP contribution in [0.25, 0.3) is 11.3 Å². The highest BCUT2D eigenvalue weighted by Gasteiger charge is 2.18. The predicted molar refractivity (Wildman–Crippen MR) is 109 cm³/mol. The number of nitrogens with zero attached hydrogens (tertiary/aromatic N) is 3. The van der Waals surface area contributed by atoms with Crippen molar-refractivity contribution in [3.63, 3.8) is 0 Å². The molecule has 138 valence electrons. The lowest BCUT2D eigenvalue weighted by atomic mass is 10.1. The van der Waals surface area contributed by atoms with Crippen molar-refractivity contribution < 1.29 is 4.79 Å². The van der Waals surface area contributed by atoms with E-state index in [2.05, 4.69) is 10.3 Å². The zero-order valence-electron chi connectivity index (χ0n) is 15.3. The maximum Gasteiger partial charge on any atom is 0.255 e. The number of rotatable bonds is 6. The van der Waals surface area contributed by atoms with Crippen LogP contribution in [0.5, 0.6) is 0 Å². The van der Waals surface area contributed by atoms with Gasteiger partial charge in [0, 0.05) is 30.7 Å². The Morgan fingerprint density at radius 2 is 1.61 bits per heavy atom. The third-order valence-electron chi connectivity index (χ3n) is 4.42. The van der Waals surface area contributed by atoms with E-state index in [-0.39, 0.29) is 5.91 Å². The van der Waals surface area contributed by atoms with Gasteiger partial charge in [-0.1, -0.05) is 66.7 Å². The molecule has 28 heavy (non-hydrogen) atoms. The Kier molecular flexibility index (Phi) is 5.24. The van der Waals surface area contributed by atoms with Crippen LogP contribution in [0.2, 0.25) is 0 Å². The first kappa shape index (κ1) is 17.7. The highest BCUT2D eigenvalue weighted by molar-refractivity contribution is 5.99. The molecule has 0 aliphatic heterocycles. The number of benzene rings is 2. The van der Waals surface area contributed by atoms with Crippen molar-refractivity contribution in [1.82, 2.24) is 20.1 Å². The minimum Gasteiger partial charge on any atom is -0.348 e. The molecule has 0 spiro atoms. The van der Waals surface area contributed by atoms with Gasteiger partial charge in [-0.2, -0.15) is 5.10 Å². The van der Waals surface area contributed by atoms with Gasteiger partial charge in [0.25, 0.3) is 5.91 Å². The van der Waals surface area contributed by atoms with Crippen LogP contribution in [0.3, 0.4) is 0 Å². The number of carbonyl (C=O) groups is 1. The summed E-state index contributed by atoms with van der Waals surface area (Å²) in [7, 11) is 0. The highest BCUT2D eigenvalue weighted by Crippen LogP contribution is 2.22. The van der Waals surface area contributed by atoms with E-state index in [1.165, 1.54) is 0 Å². The molecule has 1 amide bonds. The average molecular weight is 368 g/mol. The molecule has 2 aromatic heterocycles. The minimum atomic E-state index is -0.151. The van der Waals surface area contributed by atoms with E-state index in [4.69, 9.17) is 5.10 Å². The summed E-state index contributed by atoms with van der Waals surface area (Å²) in [5.74, 6) is -0.151. The summed E-state index contributed by atoms with van der Waals surface area (Å²) in [4.78, 5) is 17.0. The quantitative estimate of drug-likeness (QED) is 0.561. The van der Waals surface area contributed by atoms with Crippen molar-refractivity contribution in [1.29, 1.82) is 0 Å². The molecule has 1 N–H and O–H groups in total. The number of pyridine rings is 1. The summed E-state index contributed by atoms with van der Waals surface area (Å²) in [5, 5.41) is 7.67. The summed E-state index contributed by atoms with van der Waals surface area (Å²) < 4.78 is 1.82. The molecule has 5 heteroatoms. The van der Waals surface area contributed by atoms with Gasteiger partial charge in [0.05, 0.1) is 12.1 Å². The summed E-state index contributed by atoms with van der Waals surface area (Å²) in [6.07, 6.45) is 5.28. The molecule has 0 saturated heterocycles. The molecular formula is C23H20N4O. The molecule has 0 aliphatic carbocycles. The Balaban J connectivity index is 1.61. The van der Waals surface area contributed by atoms with Crippen molar-refractivity contribution in [2.45, 2.75) is 13.1 Å². The van der Waals surface area contributed by atoms with Crippen LogP contribution >= 0.6 is 0 Å². The fourth-order valence-electron chi connectivity index (χ4n) is 3.03. The third kappa shape index (κ3) is 4.15. The lowest BCUT2D eigenvalue weighted by Crippen LogP contribution is -2.23. The van der Waals surface area contributed by atoms with Gasteiger partial charge in [-0.05, 0) is 17.2 Å². The van der Waals surface area contributed by atoms with Crippen molar-refractivity contribution >= 4 is 5.91 Å². The second-order valence-electron chi connectivity index (χ2n) is 6.48. The first-order valence-electron chi connectivity index (χ1n) is 9.13. The third-order valence-corrected chi connectivity index (χ3v) is 4.42. The molecule has 4 aromatic rings. The molecule has 0 aliphatic rings. The maximum atomic E-state index is 12.9. The van der Waals surface area contributed by atoms with Gasteiger partial charge in [-0.15, -0.1) is 0 Å². The monoisotopic (exact) mass is 368 g/mol. The van der Waals surface area contributed by atoms with Gasteiger partial charge in [0.2, 0.25) is 0 Å². The second kappa shape index (κ2) is 8.31. The topological polar surface area (TPSA) is 59.8 Å². The van der Waals surface area contributed by atoms with Crippen LogP contribution in [-0.4, -0.2) is 20.7 Å². The second-order valence-corrected chi connectivity index (χ2v) is 6.48. The number of nitrogens with one attached hydrogen (secondary N) is 1. The minimum absolute atomic E-state index is 0.151. The van der Waals surface area contributed by atoms with Crippen molar-refractivity contribution in [2.24, 2.45) is 0 Å². The molecule has 2 heterocycles. The molecular weight excluding hydrogens is 348 g/mol. The van der Waals surface area contributed by atoms with Gasteiger partial charge in [-0.25, -0.2) is 0 Å². The molecule has 0 saturated carbocycles. The molecule has 0 atom stereocenters. The van der Waals surface area contributed by atoms with Crippen LogP contribution < -0.4 is 5.32 Å². The van der Waals surface area contributed by atoms with E-state index in [1.807, 2.05) is 83.7 Å². The van der Waals surface area contributed by atoms with Crippen molar-refractivity contribution in [3.05, 3.63) is 108 Å². The Bertz CT molecular complexity index is 1040. The van der Waals surface area contributed by atoms with Crippen LogP contribution in [0.15, 0.2) is 91.4 Å². The number of hydrogen-bond acceptors (Lipinski definition) is 3. The first-order valence-corrected chi connectivity index (χ1v) is 9.13. The van der Waals surface area contributed by atoms with E-state index in [0.717, 1.165) is 16.7 Å². The number of hydrogen-bond donors (Lipinski definition) is 1. The summed E-state index contributed by atoms with van der Waals surface area (Å²) in [6.45, 7) is 1.03. The van der Waals surface area contributed by atoms with E-state index in [9.17, 15) is 4.79 Å². The zero-order chi connectivity index (χ0) is 19.2. The fourth-order valence-corrected chi connectivity index (χ4v) is 3.03. The standard InChI is InChI=1S/C23H20N4O/c28-23(25-15-19-10-7-13-24-14-19)21-17-27(16-18-8-3-1-4-9-18)26-22(21)20-11-5-2-6-12-20/h1-14,17H,15-16H2,(H,25,28). The molecule has 0 bridgehead atoms. The first-order chi connectivity index (χ1) is 13.8. The Morgan fingerprint density at radius 3 is 2.32 bits per heavy atom. The average Bonchev–Trinajstić information content (AvgIpc) is 3.18. The van der Waals surface area contributed by atoms with E-state index >= 15 is 0 Å². The molecule has 5 nitrogen and oxygen atoms in total. The maximum absolute atomic E-state index is 12.9. The zero-order valence-corrected chi connectivity index (χ0v) is 15.3. The van der Waals surface area contributed by atoms with Gasteiger partial charge < -0.3 is 5.32 Å². The Hall–Kier alpha value is -3.73. The molecule has 4 rings (SSSR count). The molecule has 2 aromatic carbocycles. The van der Waals surface area contributed by atoms with E-state index in [0.29, 0.717) is 24.3 Å². The van der Waals surface area contributed by atoms with E-state index in [1.54, 1.807) is 12.4 Å². The fraction of sp³-hybridized carbons (Fsp3) is 0.0870. The van der Waals surface area contributed by atoms with Gasteiger partial charge in [-0.3, -0.25) is 14.5 Å². The number of carbonyl (C=O) groups excluding carboxylic acids is 1. The van der Waals surface area contributed by atoms with Gasteiger partial charge in [0.1, 0.15) is 5.69 Å². The Morgan fingerprint density at radius 1 is 0.893 bits per heavy atom. The predicted octanol–water partition coefficient (Wildman–Crippen LogP) is 3.92. The van der Waals surface area contributed by atoms with Crippen LogP contribution in [0.4, 0.5) is 0 Å². The molecule has 0 radical (unpaired) electrons. The largest absolute Gasteiger partial charge is 0.348 e. The number of amides is 1. The lowest BCUT2D eigenvalue weighted by molar-refractivity contribution is 0.0951. The summed E-state index contributed by atoms with van der Waals surface area (Å²) in [6, 6.07) is 23.6. The van der Waals surface area contributed by atoms with Crippen LogP contribution in [0, 0.1) is 0 Å². The van der Waals surface area contributed by atoms with Crippen LogP contribution in [-0.2, 0) is 13.1 Å². The highest BCUT2D eigenvalue weighted by atomic mass is 16.1. The molecule has 0 fully saturated rings. The van der Waals surface area contributed by atoms with Crippen molar-refractivity contribution in [3.8, 4) is 11.3 Å². The van der Waals surface area contributed by atoms with Gasteiger partial charge >= 0.3 is 0 Å².